The first kappa shape index (κ1) is 21.1. The van der Waals surface area contributed by atoms with Gasteiger partial charge in [0.25, 0.3) is 0 Å². The van der Waals surface area contributed by atoms with Crippen LogP contribution in [0, 0.1) is 11.8 Å². The maximum Gasteiger partial charge on any atom is 0.138 e. The summed E-state index contributed by atoms with van der Waals surface area (Å²) < 4.78 is 0. The monoisotopic (exact) mass is 464 g/mol. The number of rotatable bonds is 3. The molecule has 0 aliphatic rings. The summed E-state index contributed by atoms with van der Waals surface area (Å²) in [6, 6.07) is 33.6. The number of hydrogen-bond donors (Lipinski definition) is 1. The highest BCUT2D eigenvalue weighted by Crippen LogP contribution is 2.39. The van der Waals surface area contributed by atoms with Crippen molar-refractivity contribution in [3.63, 3.8) is 0 Å². The van der Waals surface area contributed by atoms with Crippen molar-refractivity contribution in [3.8, 4) is 45.7 Å². The highest BCUT2D eigenvalue weighted by Gasteiger charge is 2.18. The van der Waals surface area contributed by atoms with E-state index in [4.69, 9.17) is 28.2 Å². The fourth-order valence-electron chi connectivity index (χ4n) is 3.62. The minimum Gasteiger partial charge on any atom is -0.337 e. The van der Waals surface area contributed by atoms with Gasteiger partial charge in [-0.15, -0.1) is 0 Å². The van der Waals surface area contributed by atoms with E-state index in [1.54, 1.807) is 6.07 Å². The zero-order chi connectivity index (χ0) is 22.6. The molecule has 0 spiro atoms. The molecule has 0 radical (unpaired) electrons. The van der Waals surface area contributed by atoms with Gasteiger partial charge in [-0.05, 0) is 30.3 Å². The molecule has 4 aromatic carbocycles. The SMILES string of the molecule is Clc1cccc(-c2[nH]c(-c3cccc(C#Cc4ccccc4)c3)nc2-c2ccccc2)c1Cl. The Bertz CT molecular complexity index is 1480. The first-order chi connectivity index (χ1) is 16.2. The smallest absolute Gasteiger partial charge is 0.138 e. The Labute approximate surface area is 202 Å². The number of aromatic nitrogens is 2. The summed E-state index contributed by atoms with van der Waals surface area (Å²) in [5.74, 6) is 7.19. The van der Waals surface area contributed by atoms with Gasteiger partial charge < -0.3 is 4.98 Å². The predicted octanol–water partition coefficient (Wildman–Crippen LogP) is 8.12. The second kappa shape index (κ2) is 9.38. The third-order valence-corrected chi connectivity index (χ3v) is 6.05. The quantitative estimate of drug-likeness (QED) is 0.268. The highest BCUT2D eigenvalue weighted by molar-refractivity contribution is 6.43. The van der Waals surface area contributed by atoms with Crippen LogP contribution in [-0.2, 0) is 0 Å². The van der Waals surface area contributed by atoms with Gasteiger partial charge in [-0.2, -0.15) is 0 Å². The van der Waals surface area contributed by atoms with E-state index in [1.807, 2.05) is 97.1 Å². The second-order valence-corrected chi connectivity index (χ2v) is 8.26. The summed E-state index contributed by atoms with van der Waals surface area (Å²) in [7, 11) is 0. The lowest BCUT2D eigenvalue weighted by Crippen LogP contribution is -1.85. The summed E-state index contributed by atoms with van der Waals surface area (Å²) in [6.07, 6.45) is 0. The first-order valence-corrected chi connectivity index (χ1v) is 11.2. The van der Waals surface area contributed by atoms with Crippen molar-refractivity contribution in [3.05, 3.63) is 124 Å². The molecule has 0 saturated carbocycles. The Morgan fingerprint density at radius 2 is 1.27 bits per heavy atom. The van der Waals surface area contributed by atoms with E-state index in [0.29, 0.717) is 10.0 Å². The zero-order valence-electron chi connectivity index (χ0n) is 17.5. The van der Waals surface area contributed by atoms with Gasteiger partial charge in [0.1, 0.15) is 5.82 Å². The maximum absolute atomic E-state index is 6.57. The molecular weight excluding hydrogens is 447 g/mol. The van der Waals surface area contributed by atoms with Crippen LogP contribution < -0.4 is 0 Å². The highest BCUT2D eigenvalue weighted by atomic mass is 35.5. The van der Waals surface area contributed by atoms with Crippen LogP contribution in [0.4, 0.5) is 0 Å². The Hall–Kier alpha value is -3.77. The molecule has 1 heterocycles. The molecule has 5 aromatic rings. The molecule has 158 valence electrons. The van der Waals surface area contributed by atoms with Gasteiger partial charge in [0.2, 0.25) is 0 Å². The van der Waals surface area contributed by atoms with Crippen molar-refractivity contribution in [1.29, 1.82) is 0 Å². The van der Waals surface area contributed by atoms with Crippen LogP contribution in [0.25, 0.3) is 33.9 Å². The van der Waals surface area contributed by atoms with Crippen LogP contribution in [0.3, 0.4) is 0 Å². The normalized spacial score (nSPS) is 10.5. The molecule has 1 aromatic heterocycles. The summed E-state index contributed by atoms with van der Waals surface area (Å²) in [6.45, 7) is 0. The zero-order valence-corrected chi connectivity index (χ0v) is 19.0. The van der Waals surface area contributed by atoms with Gasteiger partial charge in [-0.3, -0.25) is 0 Å². The lowest BCUT2D eigenvalue weighted by Gasteiger charge is -2.06. The molecule has 0 bridgehead atoms. The minimum atomic E-state index is 0.494. The lowest BCUT2D eigenvalue weighted by atomic mass is 10.1. The molecule has 5 rings (SSSR count). The Balaban J connectivity index is 1.61. The fraction of sp³-hybridized carbons (Fsp3) is 0. The summed E-state index contributed by atoms with van der Waals surface area (Å²) in [5, 5.41) is 0.997. The molecular formula is C29H18Cl2N2. The van der Waals surface area contributed by atoms with E-state index in [9.17, 15) is 0 Å². The predicted molar refractivity (Wildman–Crippen MR) is 137 cm³/mol. The number of nitrogens with zero attached hydrogens (tertiary/aromatic N) is 1. The van der Waals surface area contributed by atoms with Gasteiger partial charge in [-0.25, -0.2) is 4.98 Å². The van der Waals surface area contributed by atoms with E-state index in [1.165, 1.54) is 0 Å². The van der Waals surface area contributed by atoms with Crippen molar-refractivity contribution >= 4 is 23.2 Å². The molecule has 33 heavy (non-hydrogen) atoms. The number of hydrogen-bond acceptors (Lipinski definition) is 1. The number of imidazole rings is 1. The largest absolute Gasteiger partial charge is 0.337 e. The lowest BCUT2D eigenvalue weighted by molar-refractivity contribution is 1.31. The van der Waals surface area contributed by atoms with E-state index in [2.05, 4.69) is 16.8 Å². The number of H-pyrrole nitrogens is 1. The molecule has 0 saturated heterocycles. The molecule has 0 unspecified atom stereocenters. The third kappa shape index (κ3) is 4.56. The molecule has 0 amide bonds. The Kier molecular flexibility index (Phi) is 6.00. The van der Waals surface area contributed by atoms with Gasteiger partial charge in [0, 0.05) is 27.8 Å². The molecule has 0 aliphatic heterocycles. The van der Waals surface area contributed by atoms with E-state index in [-0.39, 0.29) is 0 Å². The molecule has 2 nitrogen and oxygen atoms in total. The average molecular weight is 465 g/mol. The van der Waals surface area contributed by atoms with Crippen molar-refractivity contribution in [2.24, 2.45) is 0 Å². The van der Waals surface area contributed by atoms with Crippen LogP contribution in [0.1, 0.15) is 11.1 Å². The third-order valence-electron chi connectivity index (χ3n) is 5.23. The summed E-state index contributed by atoms with van der Waals surface area (Å²) in [5.41, 5.74) is 6.27. The number of nitrogens with one attached hydrogen (secondary N) is 1. The van der Waals surface area contributed by atoms with Gasteiger partial charge in [0.15, 0.2) is 0 Å². The van der Waals surface area contributed by atoms with E-state index >= 15 is 0 Å². The molecule has 0 fully saturated rings. The fourth-order valence-corrected chi connectivity index (χ4v) is 4.01. The topological polar surface area (TPSA) is 28.7 Å². The van der Waals surface area contributed by atoms with E-state index in [0.717, 1.165) is 45.0 Å². The van der Waals surface area contributed by atoms with Crippen molar-refractivity contribution in [2.45, 2.75) is 0 Å². The van der Waals surface area contributed by atoms with Crippen LogP contribution in [0.15, 0.2) is 103 Å². The summed E-state index contributed by atoms with van der Waals surface area (Å²) in [4.78, 5) is 8.43. The maximum atomic E-state index is 6.57. The van der Waals surface area contributed by atoms with Gasteiger partial charge in [-0.1, -0.05) is 108 Å². The average Bonchev–Trinajstić information content (AvgIpc) is 3.31. The van der Waals surface area contributed by atoms with Gasteiger partial charge in [0.05, 0.1) is 21.4 Å². The summed E-state index contributed by atoms with van der Waals surface area (Å²) >= 11 is 12.9. The number of halogens is 2. The van der Waals surface area contributed by atoms with Crippen LogP contribution in [-0.4, -0.2) is 9.97 Å². The van der Waals surface area contributed by atoms with Crippen molar-refractivity contribution in [1.82, 2.24) is 9.97 Å². The van der Waals surface area contributed by atoms with Gasteiger partial charge >= 0.3 is 0 Å². The number of benzene rings is 4. The molecule has 0 aliphatic carbocycles. The molecule has 0 atom stereocenters. The Morgan fingerprint density at radius 3 is 2.06 bits per heavy atom. The Morgan fingerprint density at radius 1 is 0.636 bits per heavy atom. The molecule has 1 N–H and O–H groups in total. The van der Waals surface area contributed by atoms with E-state index < -0.39 is 0 Å². The standard InChI is InChI=1S/C29H18Cl2N2/c30-25-16-8-15-24(26(25)31)28-27(22-12-5-2-6-13-22)32-29(33-28)23-14-7-11-21(19-23)18-17-20-9-3-1-4-10-20/h1-16,19H,(H,32,33). The first-order valence-electron chi connectivity index (χ1n) is 10.5. The van der Waals surface area contributed by atoms with Crippen molar-refractivity contribution in [2.75, 3.05) is 0 Å². The van der Waals surface area contributed by atoms with Crippen LogP contribution >= 0.6 is 23.2 Å². The van der Waals surface area contributed by atoms with Crippen molar-refractivity contribution < 1.29 is 0 Å². The van der Waals surface area contributed by atoms with Crippen LogP contribution in [0.2, 0.25) is 10.0 Å². The molecule has 4 heteroatoms. The minimum absolute atomic E-state index is 0.494. The number of aromatic amines is 1. The second-order valence-electron chi connectivity index (χ2n) is 7.47. The van der Waals surface area contributed by atoms with Crippen LogP contribution in [0.5, 0.6) is 0 Å².